The lowest BCUT2D eigenvalue weighted by atomic mass is 10.1. The first-order chi connectivity index (χ1) is 11.5. The second-order valence-electron chi connectivity index (χ2n) is 4.94. The van der Waals surface area contributed by atoms with Gasteiger partial charge >= 0.3 is 0 Å². The summed E-state index contributed by atoms with van der Waals surface area (Å²) in [5.41, 5.74) is 1.36. The van der Waals surface area contributed by atoms with Crippen molar-refractivity contribution < 1.29 is 14.3 Å². The van der Waals surface area contributed by atoms with Gasteiger partial charge < -0.3 is 10.1 Å². The van der Waals surface area contributed by atoms with Crippen molar-refractivity contribution >= 4 is 29.0 Å². The molecule has 0 radical (unpaired) electrons. The van der Waals surface area contributed by atoms with E-state index in [1.807, 2.05) is 6.07 Å². The number of carbonyl (C=O) groups is 2. The number of hydrogen-bond donors (Lipinski definition) is 1. The van der Waals surface area contributed by atoms with Crippen molar-refractivity contribution in [1.29, 1.82) is 5.26 Å². The van der Waals surface area contributed by atoms with Crippen molar-refractivity contribution in [3.8, 4) is 11.8 Å². The smallest absolute Gasteiger partial charge is 0.262 e. The molecule has 0 aliphatic rings. The van der Waals surface area contributed by atoms with Crippen LogP contribution in [0.25, 0.3) is 0 Å². The molecule has 0 aromatic heterocycles. The van der Waals surface area contributed by atoms with Gasteiger partial charge in [-0.05, 0) is 42.5 Å². The van der Waals surface area contributed by atoms with Gasteiger partial charge in [-0.25, -0.2) is 0 Å². The third-order valence-corrected chi connectivity index (χ3v) is 3.57. The van der Waals surface area contributed by atoms with Crippen molar-refractivity contribution in [2.75, 3.05) is 11.9 Å². The van der Waals surface area contributed by atoms with E-state index in [1.54, 1.807) is 43.3 Å². The summed E-state index contributed by atoms with van der Waals surface area (Å²) < 4.78 is 5.37. The number of nitriles is 1. The molecule has 0 aliphatic heterocycles. The number of hydrogen-bond acceptors (Lipinski definition) is 4. The minimum absolute atomic E-state index is 0.0512. The van der Waals surface area contributed by atoms with Gasteiger partial charge in [0.1, 0.15) is 11.8 Å². The Kier molecular flexibility index (Phi) is 5.94. The largest absolute Gasteiger partial charge is 0.484 e. The van der Waals surface area contributed by atoms with E-state index in [0.717, 1.165) is 0 Å². The Hall–Kier alpha value is -2.84. The number of benzene rings is 2. The van der Waals surface area contributed by atoms with Crippen molar-refractivity contribution in [3.63, 3.8) is 0 Å². The molecule has 122 valence electrons. The Bertz CT molecular complexity index is 795. The third kappa shape index (κ3) is 4.58. The van der Waals surface area contributed by atoms with E-state index in [9.17, 15) is 9.59 Å². The molecule has 0 aliphatic carbocycles. The molecule has 6 heteroatoms. The topological polar surface area (TPSA) is 79.2 Å². The van der Waals surface area contributed by atoms with E-state index in [-0.39, 0.29) is 23.9 Å². The lowest BCUT2D eigenvalue weighted by molar-refractivity contribution is -0.118. The Morgan fingerprint density at radius 3 is 2.54 bits per heavy atom. The van der Waals surface area contributed by atoms with Gasteiger partial charge in [-0.3, -0.25) is 9.59 Å². The molecular weight excluding hydrogens is 328 g/mol. The van der Waals surface area contributed by atoms with Crippen LogP contribution in [0.4, 0.5) is 5.69 Å². The van der Waals surface area contributed by atoms with Crippen molar-refractivity contribution in [2.24, 2.45) is 0 Å². The first-order valence-corrected chi connectivity index (χ1v) is 7.67. The zero-order chi connectivity index (χ0) is 17.5. The van der Waals surface area contributed by atoms with Gasteiger partial charge in [0, 0.05) is 17.7 Å². The summed E-state index contributed by atoms with van der Waals surface area (Å²) in [7, 11) is 0. The average Bonchev–Trinajstić information content (AvgIpc) is 2.61. The minimum Gasteiger partial charge on any atom is -0.484 e. The summed E-state index contributed by atoms with van der Waals surface area (Å²) in [6.07, 6.45) is 0.439. The monoisotopic (exact) mass is 342 g/mol. The highest BCUT2D eigenvalue weighted by atomic mass is 35.5. The van der Waals surface area contributed by atoms with Crippen LogP contribution in [0.1, 0.15) is 29.3 Å². The van der Waals surface area contributed by atoms with Gasteiger partial charge in [0.05, 0.1) is 10.6 Å². The molecule has 1 amide bonds. The fraction of sp³-hybridized carbons (Fsp3) is 0.167. The molecule has 2 rings (SSSR count). The Morgan fingerprint density at radius 2 is 1.92 bits per heavy atom. The molecule has 0 heterocycles. The quantitative estimate of drug-likeness (QED) is 0.809. The van der Waals surface area contributed by atoms with Crippen LogP contribution in [0.2, 0.25) is 5.02 Å². The molecule has 0 saturated carbocycles. The lowest BCUT2D eigenvalue weighted by Gasteiger charge is -2.08. The molecule has 2 aromatic rings. The summed E-state index contributed by atoms with van der Waals surface area (Å²) in [4.78, 5) is 23.4. The number of carbonyl (C=O) groups excluding carboxylic acids is 2. The zero-order valence-corrected chi connectivity index (χ0v) is 13.8. The normalized spacial score (nSPS) is 9.88. The van der Waals surface area contributed by atoms with Crippen LogP contribution in [0.5, 0.6) is 5.75 Å². The van der Waals surface area contributed by atoms with Crippen molar-refractivity contribution in [3.05, 3.63) is 58.6 Å². The standard InChI is InChI=1S/C18H15ClN2O3/c1-2-17(22)12-3-6-15(7-4-12)24-11-18(23)21-14-5-8-16(19)13(9-14)10-20/h3-9H,2,11H2,1H3,(H,21,23). The van der Waals surface area contributed by atoms with E-state index >= 15 is 0 Å². The van der Waals surface area contributed by atoms with E-state index in [1.165, 1.54) is 6.07 Å². The number of halogens is 1. The van der Waals surface area contributed by atoms with Crippen LogP contribution in [0.15, 0.2) is 42.5 Å². The van der Waals surface area contributed by atoms with Gasteiger partial charge in [0.25, 0.3) is 5.91 Å². The van der Waals surface area contributed by atoms with Crippen LogP contribution >= 0.6 is 11.6 Å². The van der Waals surface area contributed by atoms with Crippen LogP contribution in [-0.4, -0.2) is 18.3 Å². The number of rotatable bonds is 6. The maximum absolute atomic E-state index is 11.9. The average molecular weight is 343 g/mol. The second kappa shape index (κ2) is 8.14. The highest BCUT2D eigenvalue weighted by Crippen LogP contribution is 2.19. The number of ketones is 1. The van der Waals surface area contributed by atoms with Gasteiger partial charge in [0.15, 0.2) is 12.4 Å². The summed E-state index contributed by atoms with van der Waals surface area (Å²) in [5.74, 6) is 0.178. The summed E-state index contributed by atoms with van der Waals surface area (Å²) in [6, 6.07) is 13.2. The summed E-state index contributed by atoms with van der Waals surface area (Å²) in [5, 5.41) is 11.9. The number of nitrogens with one attached hydrogen (secondary N) is 1. The van der Waals surface area contributed by atoms with Gasteiger partial charge in [-0.1, -0.05) is 18.5 Å². The molecule has 0 atom stereocenters. The van der Waals surface area contributed by atoms with Crippen molar-refractivity contribution in [2.45, 2.75) is 13.3 Å². The molecule has 5 nitrogen and oxygen atoms in total. The molecule has 2 aromatic carbocycles. The van der Waals surface area contributed by atoms with Crippen LogP contribution in [0.3, 0.4) is 0 Å². The highest BCUT2D eigenvalue weighted by Gasteiger charge is 2.07. The molecule has 0 unspecified atom stereocenters. The Balaban J connectivity index is 1.91. The van der Waals surface area contributed by atoms with Crippen LogP contribution in [0, 0.1) is 11.3 Å². The molecule has 0 saturated heterocycles. The maximum Gasteiger partial charge on any atom is 0.262 e. The number of nitrogens with zero attached hydrogens (tertiary/aromatic N) is 1. The fourth-order valence-electron chi connectivity index (χ4n) is 1.98. The SMILES string of the molecule is CCC(=O)c1ccc(OCC(=O)Nc2ccc(Cl)c(C#N)c2)cc1. The van der Waals surface area contributed by atoms with E-state index < -0.39 is 0 Å². The van der Waals surface area contributed by atoms with Gasteiger partial charge in [-0.15, -0.1) is 0 Å². The zero-order valence-electron chi connectivity index (χ0n) is 13.0. The fourth-order valence-corrected chi connectivity index (χ4v) is 2.14. The summed E-state index contributed by atoms with van der Waals surface area (Å²) >= 11 is 5.84. The molecule has 0 fully saturated rings. The predicted molar refractivity (Wildman–Crippen MR) is 91.4 cm³/mol. The van der Waals surface area contributed by atoms with Crippen LogP contribution < -0.4 is 10.1 Å². The first-order valence-electron chi connectivity index (χ1n) is 7.29. The molecular formula is C18H15ClN2O3. The highest BCUT2D eigenvalue weighted by molar-refractivity contribution is 6.31. The maximum atomic E-state index is 11.9. The number of ether oxygens (including phenoxy) is 1. The van der Waals surface area contributed by atoms with Gasteiger partial charge in [-0.2, -0.15) is 5.26 Å². The molecule has 0 bridgehead atoms. The Labute approximate surface area is 144 Å². The summed E-state index contributed by atoms with van der Waals surface area (Å²) in [6.45, 7) is 1.61. The van der Waals surface area contributed by atoms with Gasteiger partial charge in [0.2, 0.25) is 0 Å². The Morgan fingerprint density at radius 1 is 1.21 bits per heavy atom. The number of anilines is 1. The van der Waals surface area contributed by atoms with E-state index in [4.69, 9.17) is 21.6 Å². The predicted octanol–water partition coefficient (Wildman–Crippen LogP) is 3.82. The minimum atomic E-state index is -0.366. The molecule has 24 heavy (non-hydrogen) atoms. The van der Waals surface area contributed by atoms with Crippen LogP contribution in [-0.2, 0) is 4.79 Å². The lowest BCUT2D eigenvalue weighted by Crippen LogP contribution is -2.20. The second-order valence-corrected chi connectivity index (χ2v) is 5.35. The van der Waals surface area contributed by atoms with Crippen molar-refractivity contribution in [1.82, 2.24) is 0 Å². The van der Waals surface area contributed by atoms with E-state index in [0.29, 0.717) is 28.4 Å². The first kappa shape index (κ1) is 17.5. The number of amides is 1. The number of Topliss-reactive ketones (excluding diaryl/α,β-unsaturated/α-hetero) is 1. The third-order valence-electron chi connectivity index (χ3n) is 3.24. The van der Waals surface area contributed by atoms with E-state index in [2.05, 4.69) is 5.32 Å². The molecule has 0 spiro atoms. The molecule has 1 N–H and O–H groups in total.